The van der Waals surface area contributed by atoms with Gasteiger partial charge in [-0.3, -0.25) is 9.58 Å². The molecule has 2 amide bonds. The number of likely N-dealkylation sites (N-methyl/N-ethyl adjacent to an activating group) is 1. The quantitative estimate of drug-likeness (QED) is 0.519. The maximum absolute atomic E-state index is 12.2. The number of amides is 2. The fourth-order valence-corrected chi connectivity index (χ4v) is 5.86. The van der Waals surface area contributed by atoms with Gasteiger partial charge in [0.25, 0.3) is 0 Å². The lowest BCUT2D eigenvalue weighted by atomic mass is 9.96. The molecule has 3 aliphatic rings. The first kappa shape index (κ1) is 27.0. The van der Waals surface area contributed by atoms with Crippen molar-refractivity contribution in [3.05, 3.63) is 18.3 Å². The number of carbonyl (C=O) groups is 1. The molecular formula is C28H46N8O2. The van der Waals surface area contributed by atoms with E-state index in [2.05, 4.69) is 49.2 Å². The molecule has 2 N–H and O–H groups in total. The van der Waals surface area contributed by atoms with Crippen LogP contribution in [0.3, 0.4) is 0 Å². The van der Waals surface area contributed by atoms with Crippen LogP contribution in [0.15, 0.2) is 18.3 Å². The first-order chi connectivity index (χ1) is 18.6. The van der Waals surface area contributed by atoms with E-state index in [0.29, 0.717) is 12.5 Å². The summed E-state index contributed by atoms with van der Waals surface area (Å²) in [6, 6.07) is 4.75. The molecule has 0 unspecified atom stereocenters. The van der Waals surface area contributed by atoms with Crippen molar-refractivity contribution in [1.82, 2.24) is 29.8 Å². The Balaban J connectivity index is 1.27. The monoisotopic (exact) mass is 526 g/mol. The van der Waals surface area contributed by atoms with E-state index < -0.39 is 0 Å². The Kier molecular flexibility index (Phi) is 9.24. The molecule has 0 atom stereocenters. The number of rotatable bonds is 9. The molecule has 0 spiro atoms. The average molecular weight is 527 g/mol. The summed E-state index contributed by atoms with van der Waals surface area (Å²) >= 11 is 0. The third kappa shape index (κ3) is 6.71. The summed E-state index contributed by atoms with van der Waals surface area (Å²) in [7, 11) is 2.20. The summed E-state index contributed by atoms with van der Waals surface area (Å²) in [4.78, 5) is 21.5. The summed E-state index contributed by atoms with van der Waals surface area (Å²) in [5, 5.41) is 12.8. The maximum atomic E-state index is 12.2. The first-order valence-electron chi connectivity index (χ1n) is 14.6. The fourth-order valence-electron chi connectivity index (χ4n) is 5.86. The molecule has 2 aromatic rings. The minimum atomic E-state index is 0.0709. The number of aryl methyl sites for hydroxylation is 1. The van der Waals surface area contributed by atoms with Crippen LogP contribution in [0, 0.1) is 5.92 Å². The van der Waals surface area contributed by atoms with E-state index in [0.717, 1.165) is 104 Å². The predicted molar refractivity (Wildman–Crippen MR) is 153 cm³/mol. The molecule has 0 aliphatic carbocycles. The number of aromatic nitrogens is 2. The second-order valence-electron chi connectivity index (χ2n) is 11.0. The molecule has 1 aromatic carbocycles. The fraction of sp³-hybridized carbons (Fsp3) is 0.714. The van der Waals surface area contributed by atoms with E-state index >= 15 is 0 Å². The number of likely N-dealkylation sites (tertiary alicyclic amines) is 1. The molecule has 10 heteroatoms. The van der Waals surface area contributed by atoms with Gasteiger partial charge in [-0.25, -0.2) is 4.79 Å². The Bertz CT molecular complexity index is 1040. The molecule has 3 saturated heterocycles. The number of benzene rings is 1. The summed E-state index contributed by atoms with van der Waals surface area (Å²) < 4.78 is 7.70. The van der Waals surface area contributed by atoms with Crippen LogP contribution in [0.2, 0.25) is 0 Å². The van der Waals surface area contributed by atoms with Crippen molar-refractivity contribution in [3.63, 3.8) is 0 Å². The molecule has 0 radical (unpaired) electrons. The number of urea groups is 1. The third-order valence-electron chi connectivity index (χ3n) is 8.37. The second kappa shape index (κ2) is 13.0. The largest absolute Gasteiger partial charge is 0.384 e. The zero-order chi connectivity index (χ0) is 26.3. The number of hydrogen-bond acceptors (Lipinski definition) is 7. The van der Waals surface area contributed by atoms with E-state index in [4.69, 9.17) is 9.84 Å². The SMILES string of the molecule is CCNC(=O)N1CCC(CNc2cc(N3CCN(C)CC3)cc3c2cnn3CCCN2CCOCC2)CC1. The van der Waals surface area contributed by atoms with Crippen molar-refractivity contribution < 1.29 is 9.53 Å². The lowest BCUT2D eigenvalue weighted by Crippen LogP contribution is -2.45. The van der Waals surface area contributed by atoms with Crippen molar-refractivity contribution >= 4 is 28.3 Å². The highest BCUT2D eigenvalue weighted by Crippen LogP contribution is 2.32. The van der Waals surface area contributed by atoms with Crippen LogP contribution in [0.5, 0.6) is 0 Å². The highest BCUT2D eigenvalue weighted by Gasteiger charge is 2.23. The summed E-state index contributed by atoms with van der Waals surface area (Å²) in [5.41, 5.74) is 3.69. The standard InChI is InChI=1S/C28H46N8O2/c1-3-29-28(37)35-9-5-23(6-10-35)21-30-26-19-24(34-13-11-32(2)12-14-34)20-27-25(26)22-31-36(27)8-4-7-33-15-17-38-18-16-33/h19-20,22-23,30H,3-18,21H2,1-2H3,(H,29,37). The van der Waals surface area contributed by atoms with Gasteiger partial charge < -0.3 is 30.1 Å². The molecule has 10 nitrogen and oxygen atoms in total. The summed E-state index contributed by atoms with van der Waals surface area (Å²) in [6.07, 6.45) is 5.19. The maximum Gasteiger partial charge on any atom is 0.317 e. The van der Waals surface area contributed by atoms with Crippen LogP contribution < -0.4 is 15.5 Å². The number of nitrogens with one attached hydrogen (secondary N) is 2. The molecule has 3 aliphatic heterocycles. The zero-order valence-electron chi connectivity index (χ0n) is 23.3. The van der Waals surface area contributed by atoms with E-state index in [1.54, 1.807) is 0 Å². The van der Waals surface area contributed by atoms with Crippen molar-refractivity contribution in [3.8, 4) is 0 Å². The van der Waals surface area contributed by atoms with Crippen molar-refractivity contribution in [1.29, 1.82) is 0 Å². The van der Waals surface area contributed by atoms with Gasteiger partial charge in [-0.2, -0.15) is 5.10 Å². The number of piperazine rings is 1. The Hall–Kier alpha value is -2.56. The Morgan fingerprint density at radius 3 is 2.53 bits per heavy atom. The number of hydrogen-bond donors (Lipinski definition) is 2. The Labute approximate surface area is 227 Å². The number of morpholine rings is 1. The van der Waals surface area contributed by atoms with Crippen LogP contribution in [0.4, 0.5) is 16.2 Å². The highest BCUT2D eigenvalue weighted by atomic mass is 16.5. The summed E-state index contributed by atoms with van der Waals surface area (Å²) in [5.74, 6) is 0.562. The second-order valence-corrected chi connectivity index (χ2v) is 11.0. The van der Waals surface area contributed by atoms with Gasteiger partial charge in [0, 0.05) is 95.3 Å². The number of piperidine rings is 1. The van der Waals surface area contributed by atoms with Crippen LogP contribution in [0.1, 0.15) is 26.2 Å². The molecule has 1 aromatic heterocycles. The van der Waals surface area contributed by atoms with Gasteiger partial charge in [-0.1, -0.05) is 0 Å². The van der Waals surface area contributed by atoms with Crippen LogP contribution in [-0.2, 0) is 11.3 Å². The van der Waals surface area contributed by atoms with Gasteiger partial charge in [0.05, 0.1) is 24.9 Å². The predicted octanol–water partition coefficient (Wildman–Crippen LogP) is 2.36. The van der Waals surface area contributed by atoms with Gasteiger partial charge in [-0.05, 0) is 51.3 Å². The van der Waals surface area contributed by atoms with Crippen molar-refractivity contribution in [2.75, 3.05) is 102 Å². The first-order valence-corrected chi connectivity index (χ1v) is 14.6. The van der Waals surface area contributed by atoms with Gasteiger partial charge in [0.15, 0.2) is 0 Å². The van der Waals surface area contributed by atoms with E-state index in [-0.39, 0.29) is 6.03 Å². The number of fused-ring (bicyclic) bond motifs is 1. The molecule has 0 saturated carbocycles. The normalized spacial score (nSPS) is 20.3. The van der Waals surface area contributed by atoms with Crippen molar-refractivity contribution in [2.45, 2.75) is 32.7 Å². The summed E-state index contributed by atoms with van der Waals surface area (Å²) in [6.45, 7) is 15.3. The molecule has 210 valence electrons. The lowest BCUT2D eigenvalue weighted by Gasteiger charge is -2.34. The van der Waals surface area contributed by atoms with Gasteiger partial charge in [0.1, 0.15) is 0 Å². The Morgan fingerprint density at radius 2 is 1.79 bits per heavy atom. The van der Waals surface area contributed by atoms with Crippen LogP contribution >= 0.6 is 0 Å². The molecule has 5 rings (SSSR count). The minimum absolute atomic E-state index is 0.0709. The third-order valence-corrected chi connectivity index (χ3v) is 8.37. The van der Waals surface area contributed by atoms with E-state index in [1.165, 1.54) is 22.3 Å². The number of carbonyl (C=O) groups excluding carboxylic acids is 1. The van der Waals surface area contributed by atoms with Gasteiger partial charge in [-0.15, -0.1) is 0 Å². The number of ether oxygens (including phenoxy) is 1. The Morgan fingerprint density at radius 1 is 1.03 bits per heavy atom. The zero-order valence-corrected chi connectivity index (χ0v) is 23.3. The average Bonchev–Trinajstić information content (AvgIpc) is 3.36. The van der Waals surface area contributed by atoms with E-state index in [1.807, 2.05) is 18.0 Å². The van der Waals surface area contributed by atoms with Crippen LogP contribution in [-0.4, -0.2) is 123 Å². The minimum Gasteiger partial charge on any atom is -0.384 e. The van der Waals surface area contributed by atoms with Gasteiger partial charge in [0.2, 0.25) is 0 Å². The number of anilines is 2. The highest BCUT2D eigenvalue weighted by molar-refractivity contribution is 5.95. The molecule has 0 bridgehead atoms. The topological polar surface area (TPSA) is 81.1 Å². The van der Waals surface area contributed by atoms with Crippen molar-refractivity contribution in [2.24, 2.45) is 5.92 Å². The van der Waals surface area contributed by atoms with Gasteiger partial charge >= 0.3 is 6.03 Å². The molecular weight excluding hydrogens is 480 g/mol. The molecule has 4 heterocycles. The lowest BCUT2D eigenvalue weighted by molar-refractivity contribution is 0.0368. The number of nitrogens with zero attached hydrogens (tertiary/aromatic N) is 6. The smallest absolute Gasteiger partial charge is 0.317 e. The van der Waals surface area contributed by atoms with E-state index in [9.17, 15) is 4.79 Å². The molecule has 38 heavy (non-hydrogen) atoms. The van der Waals surface area contributed by atoms with Crippen LogP contribution in [0.25, 0.3) is 10.9 Å². The molecule has 3 fully saturated rings.